The molecular formula is C58H111NO10. The molecule has 7 atom stereocenters. The predicted molar refractivity (Wildman–Crippen MR) is 283 cm³/mol. The van der Waals surface area contributed by atoms with Crippen LogP contribution in [0.5, 0.6) is 0 Å². The average Bonchev–Trinajstić information content (AvgIpc) is 3.34. The molecule has 69 heavy (non-hydrogen) atoms. The van der Waals surface area contributed by atoms with Crippen molar-refractivity contribution in [3.8, 4) is 0 Å². The van der Waals surface area contributed by atoms with E-state index in [4.69, 9.17) is 14.2 Å². The van der Waals surface area contributed by atoms with Gasteiger partial charge in [0.25, 0.3) is 0 Å². The summed E-state index contributed by atoms with van der Waals surface area (Å²) in [5, 5.41) is 54.2. The molecule has 0 spiro atoms. The Morgan fingerprint density at radius 2 is 0.913 bits per heavy atom. The van der Waals surface area contributed by atoms with Crippen LogP contribution in [0.25, 0.3) is 0 Å². The second-order valence-corrected chi connectivity index (χ2v) is 20.7. The van der Waals surface area contributed by atoms with E-state index in [0.29, 0.717) is 19.4 Å². The highest BCUT2D eigenvalue weighted by molar-refractivity contribution is 5.76. The molecular weight excluding hydrogens is 871 g/mol. The normalized spacial score (nSPS) is 19.3. The first-order valence-corrected chi connectivity index (χ1v) is 29.5. The van der Waals surface area contributed by atoms with Gasteiger partial charge in [0, 0.05) is 12.8 Å². The maximum Gasteiger partial charge on any atom is 0.305 e. The molecule has 1 rings (SSSR count). The number of nitrogens with one attached hydrogen (secondary N) is 1. The highest BCUT2D eigenvalue weighted by atomic mass is 16.7. The average molecular weight is 983 g/mol. The Labute approximate surface area is 423 Å². The van der Waals surface area contributed by atoms with Gasteiger partial charge in [-0.1, -0.05) is 251 Å². The van der Waals surface area contributed by atoms with Gasteiger partial charge in [-0.05, 0) is 32.1 Å². The molecule has 6 N–H and O–H groups in total. The summed E-state index contributed by atoms with van der Waals surface area (Å²) in [6.45, 7) is 4.32. The SMILES string of the molecule is CCCCCCCCCC/C=C/C(O)C(COC1OC(CO)C(O)C(O)C1O)NC(=O)CCCCCCCCCCCCCCCCCCCCCCOC(=O)CCCCCCCCCCCCC. The quantitative estimate of drug-likeness (QED) is 0.0195. The molecule has 0 aromatic rings. The molecule has 1 aliphatic heterocycles. The highest BCUT2D eigenvalue weighted by Crippen LogP contribution is 2.23. The van der Waals surface area contributed by atoms with Gasteiger partial charge in [0.1, 0.15) is 24.4 Å². The Morgan fingerprint density at radius 1 is 0.522 bits per heavy atom. The molecule has 0 radical (unpaired) electrons. The Kier molecular flexibility index (Phi) is 46.1. The Balaban J connectivity index is 2.04. The van der Waals surface area contributed by atoms with Crippen LogP contribution in [0.1, 0.15) is 284 Å². The summed E-state index contributed by atoms with van der Waals surface area (Å²) in [4.78, 5) is 25.0. The van der Waals surface area contributed by atoms with Crippen molar-refractivity contribution in [2.24, 2.45) is 0 Å². The molecule has 0 aromatic carbocycles. The van der Waals surface area contributed by atoms with Crippen molar-refractivity contribution >= 4 is 11.9 Å². The number of rotatable bonds is 51. The van der Waals surface area contributed by atoms with Gasteiger partial charge < -0.3 is 45.1 Å². The summed E-state index contributed by atoms with van der Waals surface area (Å²) >= 11 is 0. The summed E-state index contributed by atoms with van der Waals surface area (Å²) in [5.41, 5.74) is 0. The lowest BCUT2D eigenvalue weighted by molar-refractivity contribution is -0.302. The first kappa shape index (κ1) is 65.4. The van der Waals surface area contributed by atoms with E-state index in [-0.39, 0.29) is 18.5 Å². The van der Waals surface area contributed by atoms with Gasteiger partial charge in [0.2, 0.25) is 5.91 Å². The molecule has 7 unspecified atom stereocenters. The second kappa shape index (κ2) is 48.7. The first-order chi connectivity index (χ1) is 33.7. The third-order valence-corrected chi connectivity index (χ3v) is 14.2. The maximum atomic E-state index is 13.0. The fourth-order valence-corrected chi connectivity index (χ4v) is 9.44. The van der Waals surface area contributed by atoms with Gasteiger partial charge in [0.05, 0.1) is 32.0 Å². The van der Waals surface area contributed by atoms with Crippen LogP contribution >= 0.6 is 0 Å². The standard InChI is InChI=1S/C58H111NO10/c1-3-5-7-9-11-13-25-30-34-38-42-46-54(63)67-47-43-39-35-31-27-24-22-20-18-16-15-17-19-21-23-26-29-33-37-41-45-53(62)59-50(49-68-58-57(66)56(65)55(64)52(48-60)69-58)51(61)44-40-36-32-28-14-12-10-8-6-4-2/h40,44,50-52,55-58,60-61,64-66H,3-39,41-43,45-49H2,1-2H3,(H,59,62)/b44-40+. The molecule has 1 aliphatic rings. The molecule has 0 saturated carbocycles. The zero-order chi connectivity index (χ0) is 50.3. The number of aliphatic hydroxyl groups is 5. The summed E-state index contributed by atoms with van der Waals surface area (Å²) in [7, 11) is 0. The van der Waals surface area contributed by atoms with Crippen molar-refractivity contribution in [3.63, 3.8) is 0 Å². The summed E-state index contributed by atoms with van der Waals surface area (Å²) in [6, 6.07) is -0.809. The predicted octanol–water partition coefficient (Wildman–Crippen LogP) is 13.2. The topological polar surface area (TPSA) is 175 Å². The van der Waals surface area contributed by atoms with E-state index >= 15 is 0 Å². The van der Waals surface area contributed by atoms with Crippen LogP contribution in [0, 0.1) is 0 Å². The highest BCUT2D eigenvalue weighted by Gasteiger charge is 2.44. The van der Waals surface area contributed by atoms with Gasteiger partial charge in [-0.2, -0.15) is 0 Å². The van der Waals surface area contributed by atoms with Crippen LogP contribution in [0.4, 0.5) is 0 Å². The summed E-state index contributed by atoms with van der Waals surface area (Å²) in [6.07, 6.45) is 45.9. The van der Waals surface area contributed by atoms with Crippen LogP contribution in [-0.4, -0.2) is 100 Å². The minimum atomic E-state index is -1.57. The van der Waals surface area contributed by atoms with E-state index in [1.165, 1.54) is 199 Å². The number of hydrogen-bond donors (Lipinski definition) is 6. The third-order valence-electron chi connectivity index (χ3n) is 14.2. The molecule has 1 heterocycles. The minimum Gasteiger partial charge on any atom is -0.466 e. The lowest BCUT2D eigenvalue weighted by Gasteiger charge is -2.40. The van der Waals surface area contributed by atoms with Gasteiger partial charge >= 0.3 is 5.97 Å². The van der Waals surface area contributed by atoms with Crippen LogP contribution in [0.3, 0.4) is 0 Å². The number of esters is 1. The fourth-order valence-electron chi connectivity index (χ4n) is 9.44. The second-order valence-electron chi connectivity index (χ2n) is 20.7. The maximum absolute atomic E-state index is 13.0. The number of carbonyl (C=O) groups is 2. The largest absolute Gasteiger partial charge is 0.466 e. The van der Waals surface area contributed by atoms with Gasteiger partial charge in [-0.3, -0.25) is 9.59 Å². The van der Waals surface area contributed by atoms with E-state index in [1.807, 2.05) is 6.08 Å². The van der Waals surface area contributed by atoms with Gasteiger partial charge in [-0.15, -0.1) is 0 Å². The summed E-state index contributed by atoms with van der Waals surface area (Å²) < 4.78 is 16.7. The molecule has 1 amide bonds. The number of allylic oxidation sites excluding steroid dienone is 1. The molecule has 1 saturated heterocycles. The molecule has 0 aliphatic carbocycles. The van der Waals surface area contributed by atoms with E-state index < -0.39 is 49.5 Å². The zero-order valence-electron chi connectivity index (χ0n) is 44.8. The zero-order valence-corrected chi connectivity index (χ0v) is 44.8. The molecule has 1 fully saturated rings. The van der Waals surface area contributed by atoms with E-state index in [0.717, 1.165) is 57.8 Å². The lowest BCUT2D eigenvalue weighted by atomic mass is 9.99. The van der Waals surface area contributed by atoms with E-state index in [1.54, 1.807) is 6.08 Å². The number of amides is 1. The number of hydrogen-bond acceptors (Lipinski definition) is 10. The number of unbranched alkanes of at least 4 members (excludes halogenated alkanes) is 37. The van der Waals surface area contributed by atoms with Crippen molar-refractivity contribution in [1.29, 1.82) is 0 Å². The van der Waals surface area contributed by atoms with Crippen LogP contribution in [-0.2, 0) is 23.8 Å². The fraction of sp³-hybridized carbons (Fsp3) is 0.931. The molecule has 11 nitrogen and oxygen atoms in total. The molecule has 0 aromatic heterocycles. The summed E-state index contributed by atoms with van der Waals surface area (Å²) in [5.74, 6) is -0.187. The smallest absolute Gasteiger partial charge is 0.305 e. The Bertz CT molecular complexity index is 1160. The minimum absolute atomic E-state index is 0.00341. The van der Waals surface area contributed by atoms with Crippen LogP contribution in [0.2, 0.25) is 0 Å². The van der Waals surface area contributed by atoms with Crippen molar-refractivity contribution in [3.05, 3.63) is 12.2 Å². The monoisotopic (exact) mass is 982 g/mol. The lowest BCUT2D eigenvalue weighted by Crippen LogP contribution is -2.60. The van der Waals surface area contributed by atoms with E-state index in [9.17, 15) is 35.1 Å². The van der Waals surface area contributed by atoms with Crippen molar-refractivity contribution in [2.45, 2.75) is 326 Å². The van der Waals surface area contributed by atoms with Crippen molar-refractivity contribution in [1.82, 2.24) is 5.32 Å². The first-order valence-electron chi connectivity index (χ1n) is 29.5. The van der Waals surface area contributed by atoms with Crippen molar-refractivity contribution < 1.29 is 49.3 Å². The molecule has 0 bridgehead atoms. The van der Waals surface area contributed by atoms with Gasteiger partial charge in [0.15, 0.2) is 6.29 Å². The number of ether oxygens (including phenoxy) is 3. The Morgan fingerprint density at radius 3 is 1.35 bits per heavy atom. The molecule has 11 heteroatoms. The van der Waals surface area contributed by atoms with Crippen LogP contribution in [0.15, 0.2) is 12.2 Å². The van der Waals surface area contributed by atoms with Crippen LogP contribution < -0.4 is 5.32 Å². The van der Waals surface area contributed by atoms with Crippen molar-refractivity contribution in [2.75, 3.05) is 19.8 Å². The third kappa shape index (κ3) is 38.7. The Hall–Kier alpha value is -1.60. The number of aliphatic hydroxyl groups excluding tert-OH is 5. The number of carbonyl (C=O) groups excluding carboxylic acids is 2. The molecule has 408 valence electrons. The van der Waals surface area contributed by atoms with E-state index in [2.05, 4.69) is 19.2 Å². The van der Waals surface area contributed by atoms with Gasteiger partial charge in [-0.25, -0.2) is 0 Å².